The molecule has 147 heavy (non-hydrogen) atoms. The van der Waals surface area contributed by atoms with E-state index in [1.165, 1.54) is 0 Å². The first kappa shape index (κ1) is 90.2. The molecule has 3 heterocycles. The summed E-state index contributed by atoms with van der Waals surface area (Å²) >= 11 is 0. The van der Waals surface area contributed by atoms with Crippen molar-refractivity contribution in [1.29, 1.82) is 0 Å². The molecule has 692 valence electrons. The molecule has 0 aliphatic heterocycles. The third-order valence-electron chi connectivity index (χ3n) is 28.8. The summed E-state index contributed by atoms with van der Waals surface area (Å²) in [5.41, 5.74) is 32.8. The van der Waals surface area contributed by atoms with E-state index in [0.29, 0.717) is 23.0 Å². The maximum absolute atomic E-state index is 14.3. The Bertz CT molecular complexity index is 8570. The van der Waals surface area contributed by atoms with Crippen molar-refractivity contribution in [3.05, 3.63) is 658 Å². The molecule has 3 aliphatic rings. The number of carbonyl (C=O) groups is 3. The average molecular weight is 1880 g/mol. The molecule has 23 aromatic rings. The van der Waals surface area contributed by atoms with Gasteiger partial charge in [0, 0.05) is 83.5 Å². The van der Waals surface area contributed by atoms with Crippen LogP contribution in [0.5, 0.6) is 0 Å². The fourth-order valence-electron chi connectivity index (χ4n) is 22.1. The Hall–Kier alpha value is -19.4. The maximum Gasteiger partial charge on any atom is 0.193 e. The van der Waals surface area contributed by atoms with Crippen LogP contribution in [0.2, 0.25) is 0 Å². The highest BCUT2D eigenvalue weighted by molar-refractivity contribution is 6.16. The second kappa shape index (κ2) is 39.3. The second-order valence-electron chi connectivity index (χ2n) is 37.1. The second-order valence-corrected chi connectivity index (χ2v) is 37.1. The number of hydrogen-bond donors (Lipinski definition) is 0. The van der Waals surface area contributed by atoms with Gasteiger partial charge in [0.25, 0.3) is 0 Å². The number of rotatable bonds is 17. The van der Waals surface area contributed by atoms with Crippen LogP contribution in [0, 0.1) is 0 Å². The van der Waals surface area contributed by atoms with E-state index in [2.05, 4.69) is 309 Å². The van der Waals surface area contributed by atoms with Crippen LogP contribution in [-0.2, 0) is 16.2 Å². The topological polar surface area (TPSA) is 129 Å². The van der Waals surface area contributed by atoms with Crippen molar-refractivity contribution in [2.24, 2.45) is 0 Å². The van der Waals surface area contributed by atoms with E-state index in [-0.39, 0.29) is 17.3 Å². The van der Waals surface area contributed by atoms with Crippen molar-refractivity contribution in [1.82, 2.24) is 29.9 Å². The SMILES string of the molecule is O=C1c2ccccc2C(c2ccccc2)(c2cccc(-c3nc(-c4ccccc4)cc(-c4ccccc4)n3)c2)c2ccccc21.O=C1c2ccccc2C(c2ccccc2)(c2ccccc2)c2cc(-c3cccc(-c4cc(-c5ccccc5)nc(-c5ccccc5)n4)c3)ccc21.O=C1c2ccccc2C(c2ccccc2)(c2ccccc2)c2cc(-c3ccccc3-c3cc(-c4ccccc4)nc(-c4ccccc4)n3)ccc21. The third kappa shape index (κ3) is 16.5. The lowest BCUT2D eigenvalue weighted by molar-refractivity contribution is 0.102. The van der Waals surface area contributed by atoms with Gasteiger partial charge < -0.3 is 0 Å². The summed E-state index contributed by atoms with van der Waals surface area (Å²) < 4.78 is 0. The number of hydrogen-bond acceptors (Lipinski definition) is 9. The molecule has 3 aromatic heterocycles. The predicted octanol–water partition coefficient (Wildman–Crippen LogP) is 31.5. The highest BCUT2D eigenvalue weighted by Gasteiger charge is 2.50. The number of benzene rings is 20. The summed E-state index contributed by atoms with van der Waals surface area (Å²) in [6.45, 7) is 0. The van der Waals surface area contributed by atoms with Crippen LogP contribution in [0.4, 0.5) is 0 Å². The molecule has 3 aliphatic carbocycles. The van der Waals surface area contributed by atoms with Gasteiger partial charge >= 0.3 is 0 Å². The van der Waals surface area contributed by atoms with Crippen LogP contribution in [0.1, 0.15) is 115 Å². The van der Waals surface area contributed by atoms with E-state index >= 15 is 0 Å². The van der Waals surface area contributed by atoms with Gasteiger partial charge in [0.1, 0.15) is 0 Å². The van der Waals surface area contributed by atoms with E-state index in [1.54, 1.807) is 0 Å². The summed E-state index contributed by atoms with van der Waals surface area (Å²) in [5, 5.41) is 0. The fraction of sp³-hybridized carbons (Fsp3) is 0.0217. The lowest BCUT2D eigenvalue weighted by Crippen LogP contribution is -2.38. The molecule has 0 N–H and O–H groups in total. The Kier molecular flexibility index (Phi) is 24.1. The van der Waals surface area contributed by atoms with Gasteiger partial charge in [-0.25, -0.2) is 29.9 Å². The lowest BCUT2D eigenvalue weighted by Gasteiger charge is -2.42. The Balaban J connectivity index is 0.000000118. The van der Waals surface area contributed by atoms with Gasteiger partial charge in [-0.05, 0) is 131 Å². The summed E-state index contributed by atoms with van der Waals surface area (Å²) in [6, 6.07) is 191. The summed E-state index contributed by atoms with van der Waals surface area (Å²) in [4.78, 5) is 72.9. The first-order valence-corrected chi connectivity index (χ1v) is 49.6. The molecule has 0 atom stereocenters. The summed E-state index contributed by atoms with van der Waals surface area (Å²) in [6.07, 6.45) is 0. The summed E-state index contributed by atoms with van der Waals surface area (Å²) in [5.74, 6) is 2.13. The van der Waals surface area contributed by atoms with Crippen LogP contribution in [-0.4, -0.2) is 47.3 Å². The molecule has 9 nitrogen and oxygen atoms in total. The smallest absolute Gasteiger partial charge is 0.193 e. The molecule has 0 unspecified atom stereocenters. The van der Waals surface area contributed by atoms with Gasteiger partial charge in [-0.1, -0.05) is 516 Å². The molecular formula is C138H92N6O3. The highest BCUT2D eigenvalue weighted by Crippen LogP contribution is 2.56. The van der Waals surface area contributed by atoms with Gasteiger partial charge in [-0.15, -0.1) is 0 Å². The van der Waals surface area contributed by atoms with Crippen LogP contribution >= 0.6 is 0 Å². The van der Waals surface area contributed by atoms with Gasteiger partial charge in [-0.3, -0.25) is 14.4 Å². The Morgan fingerprint density at radius 2 is 0.340 bits per heavy atom. The van der Waals surface area contributed by atoms with Crippen LogP contribution in [0.15, 0.2) is 558 Å². The van der Waals surface area contributed by atoms with E-state index in [4.69, 9.17) is 29.9 Å². The van der Waals surface area contributed by atoms with E-state index in [9.17, 15) is 14.4 Å². The molecule has 0 amide bonds. The van der Waals surface area contributed by atoms with Crippen LogP contribution in [0.25, 0.3) is 124 Å². The van der Waals surface area contributed by atoms with Gasteiger partial charge in [-0.2, -0.15) is 0 Å². The number of carbonyl (C=O) groups excluding carboxylic acids is 3. The molecule has 0 bridgehead atoms. The highest BCUT2D eigenvalue weighted by atomic mass is 16.1. The molecule has 0 saturated heterocycles. The molecule has 0 radical (unpaired) electrons. The lowest BCUT2D eigenvalue weighted by atomic mass is 9.59. The quantitative estimate of drug-likeness (QED) is 0.0875. The van der Waals surface area contributed by atoms with Crippen molar-refractivity contribution in [3.63, 3.8) is 0 Å². The summed E-state index contributed by atoms with van der Waals surface area (Å²) in [7, 11) is 0. The zero-order valence-corrected chi connectivity index (χ0v) is 80.0. The molecule has 9 heteroatoms. The fourth-order valence-corrected chi connectivity index (χ4v) is 22.1. The minimum Gasteiger partial charge on any atom is -0.289 e. The van der Waals surface area contributed by atoms with Crippen molar-refractivity contribution in [2.75, 3.05) is 0 Å². The standard InChI is InChI=1S/2C48H32N2O.C42H28N2O/c51-46-40-27-15-16-28-42(40)48(36-21-9-3-10-22-36,37-23-11-4-12-24-37)43-31-35(29-30-41(43)46)38-25-13-14-26-39(38)45-32-44(33-17-5-1-6-18-33)49-47(50-45)34-19-7-2-8-20-34;51-46-40-26-13-14-27-42(40)48(38-22-9-3-10-23-38,39-24-11-4-12-25-39)43-31-36(28-29-41(43)46)35-20-15-21-37(30-35)45-32-44(33-16-5-1-6-17-33)49-47(50-45)34-18-7-2-8-19-34;45-40-34-23-10-12-25-36(34)42(32-20-8-3-9-21-32,37-26-13-11-24-35(37)40)33-22-14-19-31(27-33)41-43-38(29-15-4-1-5-16-29)28-39(44-41)30-17-6-2-7-18-30/h2*1-32H;1-28H. The number of fused-ring (bicyclic) bond motifs is 6. The van der Waals surface area contributed by atoms with Crippen LogP contribution in [0.3, 0.4) is 0 Å². The largest absolute Gasteiger partial charge is 0.289 e. The van der Waals surface area contributed by atoms with Gasteiger partial charge in [0.05, 0.1) is 50.4 Å². The average Bonchev–Trinajstić information content (AvgIpc) is 0.703. The maximum atomic E-state index is 14.3. The van der Waals surface area contributed by atoms with E-state index in [1.807, 2.05) is 249 Å². The normalized spacial score (nSPS) is 13.0. The molecular weight excluding hydrogens is 1790 g/mol. The minimum atomic E-state index is -0.725. The minimum absolute atomic E-state index is 0.0405. The van der Waals surface area contributed by atoms with E-state index < -0.39 is 16.2 Å². The Labute approximate surface area is 854 Å². The van der Waals surface area contributed by atoms with Gasteiger partial charge in [0.2, 0.25) is 0 Å². The molecule has 0 fully saturated rings. The van der Waals surface area contributed by atoms with Crippen molar-refractivity contribution >= 4 is 17.3 Å². The predicted molar refractivity (Wildman–Crippen MR) is 591 cm³/mol. The van der Waals surface area contributed by atoms with Crippen molar-refractivity contribution in [3.8, 4) is 124 Å². The number of aromatic nitrogens is 6. The molecule has 0 saturated carbocycles. The number of nitrogens with zero attached hydrogens (tertiary/aromatic N) is 6. The van der Waals surface area contributed by atoms with Crippen molar-refractivity contribution < 1.29 is 14.4 Å². The van der Waals surface area contributed by atoms with Crippen LogP contribution < -0.4 is 0 Å². The van der Waals surface area contributed by atoms with E-state index in [0.717, 1.165) is 201 Å². The molecule has 0 spiro atoms. The Morgan fingerprint density at radius 1 is 0.122 bits per heavy atom. The first-order valence-electron chi connectivity index (χ1n) is 49.6. The molecule has 20 aromatic carbocycles. The molecule has 26 rings (SSSR count). The monoisotopic (exact) mass is 1880 g/mol. The number of ketones is 3. The zero-order chi connectivity index (χ0) is 98.6. The van der Waals surface area contributed by atoms with Crippen molar-refractivity contribution in [2.45, 2.75) is 16.2 Å². The third-order valence-corrected chi connectivity index (χ3v) is 28.8. The first-order chi connectivity index (χ1) is 72.6. The Morgan fingerprint density at radius 3 is 0.694 bits per heavy atom. The van der Waals surface area contributed by atoms with Gasteiger partial charge in [0.15, 0.2) is 34.8 Å². The zero-order valence-electron chi connectivity index (χ0n) is 80.0.